The van der Waals surface area contributed by atoms with Gasteiger partial charge in [0.1, 0.15) is 11.1 Å². The number of rotatable bonds is 6. The van der Waals surface area contributed by atoms with Gasteiger partial charge in [-0.2, -0.15) is 18.2 Å². The number of hydrogen-bond acceptors (Lipinski definition) is 6. The second-order valence-electron chi connectivity index (χ2n) is 7.28. The van der Waals surface area contributed by atoms with E-state index in [0.29, 0.717) is 32.8 Å². The van der Waals surface area contributed by atoms with Crippen molar-refractivity contribution >= 4 is 51.9 Å². The average Bonchev–Trinajstić information content (AvgIpc) is 3.13. The smallest absolute Gasteiger partial charge is 0.418 e. The van der Waals surface area contributed by atoms with Crippen molar-refractivity contribution in [2.45, 2.75) is 12.7 Å². The number of carbonyl (C=O) groups excluding carboxylic acids is 1. The summed E-state index contributed by atoms with van der Waals surface area (Å²) in [6.07, 6.45) is -3.38. The number of aryl methyl sites for hydroxylation is 1. The second-order valence-corrected chi connectivity index (χ2v) is 8.10. The molecule has 1 amide bonds. The summed E-state index contributed by atoms with van der Waals surface area (Å²) in [4.78, 5) is 25.4. The van der Waals surface area contributed by atoms with Gasteiger partial charge in [-0.05, 0) is 30.3 Å². The predicted octanol–water partition coefficient (Wildman–Crippen LogP) is 5.37. The quantitative estimate of drug-likeness (QED) is 0.352. The molecule has 3 heterocycles. The van der Waals surface area contributed by atoms with Crippen molar-refractivity contribution in [2.75, 3.05) is 12.4 Å². The van der Waals surface area contributed by atoms with Gasteiger partial charge in [0.2, 0.25) is 11.8 Å². The number of nitrogens with zero attached hydrogens (tertiary/aromatic N) is 4. The van der Waals surface area contributed by atoms with Crippen LogP contribution in [0.3, 0.4) is 0 Å². The van der Waals surface area contributed by atoms with Crippen molar-refractivity contribution in [1.82, 2.24) is 24.8 Å². The summed E-state index contributed by atoms with van der Waals surface area (Å²) in [6, 6.07) is 8.53. The van der Waals surface area contributed by atoms with E-state index in [1.807, 2.05) is 0 Å². The van der Waals surface area contributed by atoms with E-state index in [1.165, 1.54) is 25.4 Å². The van der Waals surface area contributed by atoms with Crippen molar-refractivity contribution < 1.29 is 22.7 Å². The van der Waals surface area contributed by atoms with E-state index in [1.54, 1.807) is 29.8 Å². The number of halogens is 5. The zero-order valence-corrected chi connectivity index (χ0v) is 19.8. The van der Waals surface area contributed by atoms with Crippen LogP contribution in [-0.2, 0) is 19.8 Å². The molecule has 8 nitrogen and oxygen atoms in total. The van der Waals surface area contributed by atoms with Crippen LogP contribution < -0.4 is 15.4 Å². The Kier molecular flexibility index (Phi) is 6.73. The van der Waals surface area contributed by atoms with Crippen molar-refractivity contribution in [3.8, 4) is 5.88 Å². The minimum atomic E-state index is -4.60. The number of hydrogen-bond donors (Lipinski definition) is 2. The Bertz CT molecular complexity index is 1400. The van der Waals surface area contributed by atoms with Gasteiger partial charge < -0.3 is 15.4 Å². The molecule has 4 rings (SSSR count). The Hall–Kier alpha value is -3.57. The number of aromatic nitrogens is 4. The van der Waals surface area contributed by atoms with Crippen LogP contribution >= 0.6 is 23.2 Å². The van der Waals surface area contributed by atoms with E-state index in [9.17, 15) is 18.0 Å². The molecule has 0 atom stereocenters. The van der Waals surface area contributed by atoms with Gasteiger partial charge in [0.25, 0.3) is 5.91 Å². The number of benzene rings is 1. The summed E-state index contributed by atoms with van der Waals surface area (Å²) in [5.41, 5.74) is -0.104. The van der Waals surface area contributed by atoms with Crippen LogP contribution in [-0.4, -0.2) is 32.5 Å². The molecule has 2 N–H and O–H groups in total. The van der Waals surface area contributed by atoms with Gasteiger partial charge in [0, 0.05) is 13.2 Å². The van der Waals surface area contributed by atoms with E-state index >= 15 is 0 Å². The van der Waals surface area contributed by atoms with Crippen LogP contribution in [0.25, 0.3) is 11.2 Å². The summed E-state index contributed by atoms with van der Waals surface area (Å²) >= 11 is 12.4. The molecule has 182 valence electrons. The van der Waals surface area contributed by atoms with Crippen molar-refractivity contribution in [3.63, 3.8) is 0 Å². The van der Waals surface area contributed by atoms with Crippen LogP contribution in [0.15, 0.2) is 42.6 Å². The first-order chi connectivity index (χ1) is 16.6. The number of fused-ring (bicyclic) bond motifs is 1. The average molecular weight is 525 g/mol. The summed E-state index contributed by atoms with van der Waals surface area (Å²) < 4.78 is 46.5. The van der Waals surface area contributed by atoms with E-state index < -0.39 is 24.2 Å². The molecule has 0 spiro atoms. The molecule has 3 aromatic heterocycles. The summed E-state index contributed by atoms with van der Waals surface area (Å²) in [7, 11) is 3.01. The predicted molar refractivity (Wildman–Crippen MR) is 125 cm³/mol. The van der Waals surface area contributed by atoms with Gasteiger partial charge in [-0.3, -0.25) is 14.3 Å². The highest BCUT2D eigenvalue weighted by atomic mass is 35.5. The molecule has 0 aliphatic heterocycles. The van der Waals surface area contributed by atoms with Crippen LogP contribution in [0.5, 0.6) is 5.88 Å². The van der Waals surface area contributed by atoms with E-state index in [2.05, 4.69) is 25.6 Å². The maximum Gasteiger partial charge on any atom is 0.418 e. The normalized spacial score (nSPS) is 11.5. The van der Waals surface area contributed by atoms with Crippen molar-refractivity contribution in [3.05, 3.63) is 69.5 Å². The van der Waals surface area contributed by atoms with E-state index in [-0.39, 0.29) is 17.1 Å². The molecule has 0 unspecified atom stereocenters. The van der Waals surface area contributed by atoms with Crippen molar-refractivity contribution in [1.29, 1.82) is 0 Å². The highest BCUT2D eigenvalue weighted by Crippen LogP contribution is 2.34. The van der Waals surface area contributed by atoms with Gasteiger partial charge in [-0.25, -0.2) is 4.98 Å². The Morgan fingerprint density at radius 1 is 1.14 bits per heavy atom. The highest BCUT2D eigenvalue weighted by molar-refractivity contribution is 6.39. The zero-order chi connectivity index (χ0) is 25.3. The topological polar surface area (TPSA) is 94.0 Å². The van der Waals surface area contributed by atoms with Gasteiger partial charge in [0.05, 0.1) is 40.6 Å². The van der Waals surface area contributed by atoms with Gasteiger partial charge >= 0.3 is 6.18 Å². The minimum absolute atomic E-state index is 0.00934. The number of para-hydroxylation sites is 1. The van der Waals surface area contributed by atoms with Crippen LogP contribution in [0, 0.1) is 0 Å². The third kappa shape index (κ3) is 4.96. The number of amides is 1. The zero-order valence-electron chi connectivity index (χ0n) is 18.2. The summed E-state index contributed by atoms with van der Waals surface area (Å²) in [6.45, 7) is -0.449. The Morgan fingerprint density at radius 2 is 1.86 bits per heavy atom. The number of alkyl halides is 3. The maximum atomic E-state index is 13.2. The van der Waals surface area contributed by atoms with Gasteiger partial charge in [-0.15, -0.1) is 0 Å². The standard InChI is InChI=1S/C22H17Cl2F3N6O2/c1-33-18-15(30-21(33)31-17-13(23)6-3-7-14(17)24)9-11(20(32-18)35-2)19(34)29-10-16-12(22(25,26)27)5-4-8-28-16/h3-9H,10H2,1-2H3,(H,29,34)(H,30,31). The largest absolute Gasteiger partial charge is 0.480 e. The van der Waals surface area contributed by atoms with Crippen LogP contribution in [0.2, 0.25) is 10.0 Å². The van der Waals surface area contributed by atoms with Crippen LogP contribution in [0.4, 0.5) is 24.8 Å². The van der Waals surface area contributed by atoms with E-state index in [4.69, 9.17) is 27.9 Å². The third-order valence-electron chi connectivity index (χ3n) is 5.06. The molecule has 0 bridgehead atoms. The molecule has 13 heteroatoms. The fourth-order valence-corrected chi connectivity index (χ4v) is 3.84. The summed E-state index contributed by atoms with van der Waals surface area (Å²) in [5, 5.41) is 6.24. The molecule has 0 saturated carbocycles. The first-order valence-corrected chi connectivity index (χ1v) is 10.8. The fourth-order valence-electron chi connectivity index (χ4n) is 3.35. The third-order valence-corrected chi connectivity index (χ3v) is 5.69. The molecule has 0 aliphatic carbocycles. The van der Waals surface area contributed by atoms with Crippen molar-refractivity contribution in [2.24, 2.45) is 7.05 Å². The number of carbonyl (C=O) groups is 1. The number of ether oxygens (including phenoxy) is 1. The maximum absolute atomic E-state index is 13.2. The lowest BCUT2D eigenvalue weighted by Gasteiger charge is -2.13. The number of methoxy groups -OCH3 is 1. The number of anilines is 2. The lowest BCUT2D eigenvalue weighted by atomic mass is 10.1. The minimum Gasteiger partial charge on any atom is -0.480 e. The Morgan fingerprint density at radius 3 is 2.51 bits per heavy atom. The molecule has 35 heavy (non-hydrogen) atoms. The van der Waals surface area contributed by atoms with E-state index in [0.717, 1.165) is 6.07 Å². The molecular weight excluding hydrogens is 508 g/mol. The van der Waals surface area contributed by atoms with Gasteiger partial charge in [0.15, 0.2) is 5.65 Å². The molecule has 0 saturated heterocycles. The molecule has 0 radical (unpaired) electrons. The monoisotopic (exact) mass is 524 g/mol. The number of imidazole rings is 1. The van der Waals surface area contributed by atoms with Crippen LogP contribution in [0.1, 0.15) is 21.6 Å². The molecular formula is C22H17Cl2F3N6O2. The first-order valence-electron chi connectivity index (χ1n) is 10.0. The first kappa shape index (κ1) is 24.6. The molecule has 1 aromatic carbocycles. The summed E-state index contributed by atoms with van der Waals surface area (Å²) in [5.74, 6) is -0.396. The second kappa shape index (κ2) is 9.59. The Balaban J connectivity index is 1.64. The lowest BCUT2D eigenvalue weighted by molar-refractivity contribution is -0.138. The highest BCUT2D eigenvalue weighted by Gasteiger charge is 2.34. The number of nitrogens with one attached hydrogen (secondary N) is 2. The Labute approximate surface area is 207 Å². The molecule has 0 aliphatic rings. The molecule has 4 aromatic rings. The molecule has 0 fully saturated rings. The SMILES string of the molecule is COc1nc2c(cc1C(=O)NCc1ncccc1C(F)(F)F)nc(Nc1c(Cl)cccc1Cl)n2C. The van der Waals surface area contributed by atoms with Gasteiger partial charge in [-0.1, -0.05) is 29.3 Å². The number of pyridine rings is 2. The lowest BCUT2D eigenvalue weighted by Crippen LogP contribution is -2.26. The fraction of sp³-hybridized carbons (Fsp3) is 0.182.